The number of likely N-dealkylation sites (tertiary alicyclic amines) is 1. The van der Waals surface area contributed by atoms with E-state index < -0.39 is 6.09 Å². The Hall–Kier alpha value is -3.56. The zero-order chi connectivity index (χ0) is 23.4. The Labute approximate surface area is 199 Å². The molecule has 3 heterocycles. The number of aromatic amines is 1. The Bertz CT molecular complexity index is 1350. The van der Waals surface area contributed by atoms with Gasteiger partial charge < -0.3 is 25.4 Å². The number of para-hydroxylation sites is 1. The van der Waals surface area contributed by atoms with Crippen molar-refractivity contribution in [2.75, 3.05) is 26.2 Å². The molecule has 6 rings (SSSR count). The molecule has 3 aromatic rings. The molecule has 34 heavy (non-hydrogen) atoms. The quantitative estimate of drug-likeness (QED) is 0.318. The van der Waals surface area contributed by atoms with Gasteiger partial charge >= 0.3 is 6.09 Å². The third-order valence-corrected chi connectivity index (χ3v) is 7.04. The third kappa shape index (κ3) is 3.57. The van der Waals surface area contributed by atoms with E-state index >= 15 is 0 Å². The number of carboxylic acid groups (broad SMARTS) is 1. The minimum Gasteiger partial charge on any atom is -0.494 e. The topological polar surface area (TPSA) is 123 Å². The van der Waals surface area contributed by atoms with Crippen LogP contribution in [0.4, 0.5) is 10.5 Å². The normalized spacial score (nSPS) is 24.2. The lowest BCUT2D eigenvalue weighted by atomic mass is 10.0. The van der Waals surface area contributed by atoms with E-state index in [2.05, 4.69) is 20.4 Å². The first-order chi connectivity index (χ1) is 16.5. The second-order valence-corrected chi connectivity index (χ2v) is 9.29. The SMILES string of the molecule is O=C(O)NC1[C@H]2CN(CCON=C3C(c4c(O)[nH]c5ccc(Cl)cc45)=Nc4ccccc43)C[C@@H]12. The van der Waals surface area contributed by atoms with E-state index in [4.69, 9.17) is 26.5 Å². The van der Waals surface area contributed by atoms with Gasteiger partial charge in [0.15, 0.2) is 5.88 Å². The molecule has 1 saturated heterocycles. The molecular formula is C24H22ClN5O4. The van der Waals surface area contributed by atoms with Crippen molar-refractivity contribution in [2.45, 2.75) is 6.04 Å². The van der Waals surface area contributed by atoms with Crippen molar-refractivity contribution in [3.63, 3.8) is 0 Å². The highest BCUT2D eigenvalue weighted by Crippen LogP contribution is 2.45. The molecule has 0 radical (unpaired) electrons. The maximum Gasteiger partial charge on any atom is 0.404 e. The van der Waals surface area contributed by atoms with Gasteiger partial charge in [-0.2, -0.15) is 0 Å². The molecule has 1 aliphatic carbocycles. The molecule has 1 aromatic heterocycles. The van der Waals surface area contributed by atoms with Crippen LogP contribution < -0.4 is 5.32 Å². The number of piperidine rings is 1. The monoisotopic (exact) mass is 479 g/mol. The van der Waals surface area contributed by atoms with Crippen molar-refractivity contribution < 1.29 is 19.8 Å². The summed E-state index contributed by atoms with van der Waals surface area (Å²) in [7, 11) is 0. The molecule has 1 amide bonds. The molecule has 3 atom stereocenters. The molecule has 0 spiro atoms. The number of H-pyrrole nitrogens is 1. The molecule has 4 N–H and O–H groups in total. The van der Waals surface area contributed by atoms with Gasteiger partial charge in [-0.15, -0.1) is 0 Å². The van der Waals surface area contributed by atoms with E-state index in [9.17, 15) is 9.90 Å². The maximum atomic E-state index is 10.8. The number of aromatic hydroxyl groups is 1. The maximum absolute atomic E-state index is 10.8. The van der Waals surface area contributed by atoms with Gasteiger partial charge in [0.05, 0.1) is 11.3 Å². The number of carbonyl (C=O) groups is 1. The van der Waals surface area contributed by atoms with Gasteiger partial charge in [-0.3, -0.25) is 4.90 Å². The smallest absolute Gasteiger partial charge is 0.404 e. The van der Waals surface area contributed by atoms with Gasteiger partial charge in [-0.05, 0) is 36.1 Å². The van der Waals surface area contributed by atoms with Gasteiger partial charge in [-0.25, -0.2) is 9.79 Å². The Morgan fingerprint density at radius 2 is 2.06 bits per heavy atom. The van der Waals surface area contributed by atoms with Crippen molar-refractivity contribution in [1.29, 1.82) is 0 Å². The molecule has 10 heteroatoms. The number of rotatable bonds is 6. The van der Waals surface area contributed by atoms with Gasteiger partial charge in [0.25, 0.3) is 0 Å². The highest BCUT2D eigenvalue weighted by molar-refractivity contribution is 6.58. The predicted octanol–water partition coefficient (Wildman–Crippen LogP) is 3.58. The van der Waals surface area contributed by atoms with Crippen LogP contribution in [0.5, 0.6) is 5.88 Å². The summed E-state index contributed by atoms with van der Waals surface area (Å²) < 4.78 is 0. The fourth-order valence-electron chi connectivity index (χ4n) is 5.16. The van der Waals surface area contributed by atoms with Gasteiger partial charge in [0.1, 0.15) is 18.0 Å². The summed E-state index contributed by atoms with van der Waals surface area (Å²) in [5.74, 6) is 0.774. The average molecular weight is 480 g/mol. The number of hydrogen-bond donors (Lipinski definition) is 4. The Morgan fingerprint density at radius 3 is 2.85 bits per heavy atom. The van der Waals surface area contributed by atoms with Crippen molar-refractivity contribution in [1.82, 2.24) is 15.2 Å². The summed E-state index contributed by atoms with van der Waals surface area (Å²) in [5, 5.41) is 27.9. The standard InChI is InChI=1S/C24H22ClN5O4/c25-12-5-6-18-14(9-12)19(23(31)27-18)22-21(13-3-1-2-4-17(13)26-22)29-34-8-7-30-10-15-16(11-30)20(15)28-24(32)33/h1-6,9,15-16,20,27-28,31H,7-8,10-11H2,(H,32,33)/t15-,16+,20?. The Kier molecular flexibility index (Phi) is 4.96. The lowest BCUT2D eigenvalue weighted by Crippen LogP contribution is -2.35. The van der Waals surface area contributed by atoms with Crippen molar-refractivity contribution >= 4 is 45.7 Å². The molecule has 174 valence electrons. The molecule has 0 bridgehead atoms. The highest BCUT2D eigenvalue weighted by atomic mass is 35.5. The van der Waals surface area contributed by atoms with Crippen LogP contribution in [-0.4, -0.2) is 69.9 Å². The molecule has 2 fully saturated rings. The summed E-state index contributed by atoms with van der Waals surface area (Å²) >= 11 is 6.22. The predicted molar refractivity (Wildman–Crippen MR) is 128 cm³/mol. The zero-order valence-corrected chi connectivity index (χ0v) is 18.8. The number of oxime groups is 1. The molecule has 1 unspecified atom stereocenters. The first-order valence-electron chi connectivity index (χ1n) is 11.1. The van der Waals surface area contributed by atoms with E-state index in [1.54, 1.807) is 12.1 Å². The average Bonchev–Trinajstić information content (AvgIpc) is 3.16. The van der Waals surface area contributed by atoms with E-state index in [-0.39, 0.29) is 11.9 Å². The largest absolute Gasteiger partial charge is 0.494 e. The van der Waals surface area contributed by atoms with Crippen LogP contribution in [0.1, 0.15) is 11.1 Å². The van der Waals surface area contributed by atoms with Crippen LogP contribution in [0, 0.1) is 11.8 Å². The highest BCUT2D eigenvalue weighted by Gasteiger charge is 2.56. The van der Waals surface area contributed by atoms with E-state index in [1.807, 2.05) is 30.3 Å². The van der Waals surface area contributed by atoms with Crippen LogP contribution >= 0.6 is 11.6 Å². The van der Waals surface area contributed by atoms with Crippen LogP contribution in [0.2, 0.25) is 5.02 Å². The Morgan fingerprint density at radius 1 is 1.26 bits per heavy atom. The Balaban J connectivity index is 1.19. The number of benzene rings is 2. The fraction of sp³-hybridized carbons (Fsp3) is 0.292. The van der Waals surface area contributed by atoms with Crippen molar-refractivity contribution in [3.8, 4) is 5.88 Å². The van der Waals surface area contributed by atoms with E-state index in [0.29, 0.717) is 47.0 Å². The third-order valence-electron chi connectivity index (χ3n) is 6.81. The minimum atomic E-state index is -0.956. The summed E-state index contributed by atoms with van der Waals surface area (Å²) in [4.78, 5) is 26.5. The summed E-state index contributed by atoms with van der Waals surface area (Å²) in [6, 6.07) is 13.1. The van der Waals surface area contributed by atoms with Crippen LogP contribution in [0.3, 0.4) is 0 Å². The molecule has 2 aromatic carbocycles. The number of halogens is 1. The van der Waals surface area contributed by atoms with Gasteiger partial charge in [-0.1, -0.05) is 35.0 Å². The molecule has 1 saturated carbocycles. The molecule has 9 nitrogen and oxygen atoms in total. The number of nitrogens with one attached hydrogen (secondary N) is 2. The summed E-state index contributed by atoms with van der Waals surface area (Å²) in [6.07, 6.45) is -0.956. The van der Waals surface area contributed by atoms with Crippen LogP contribution in [0.25, 0.3) is 10.9 Å². The molecule has 2 aliphatic heterocycles. The molecule has 3 aliphatic rings. The number of fused-ring (bicyclic) bond motifs is 3. The number of nitrogens with zero attached hydrogens (tertiary/aromatic N) is 3. The van der Waals surface area contributed by atoms with Crippen molar-refractivity contribution in [2.24, 2.45) is 22.0 Å². The van der Waals surface area contributed by atoms with E-state index in [1.165, 1.54) is 0 Å². The van der Waals surface area contributed by atoms with Gasteiger partial charge in [0.2, 0.25) is 0 Å². The summed E-state index contributed by atoms with van der Waals surface area (Å²) in [5.41, 5.74) is 3.95. The number of aromatic nitrogens is 1. The van der Waals surface area contributed by atoms with Gasteiger partial charge in [0, 0.05) is 47.2 Å². The van der Waals surface area contributed by atoms with Crippen LogP contribution in [0.15, 0.2) is 52.6 Å². The first-order valence-corrected chi connectivity index (χ1v) is 11.5. The lowest BCUT2D eigenvalue weighted by molar-refractivity contribution is 0.114. The minimum absolute atomic E-state index is 0.00246. The van der Waals surface area contributed by atoms with Crippen molar-refractivity contribution in [3.05, 3.63) is 58.6 Å². The molecular weight excluding hydrogens is 458 g/mol. The second-order valence-electron chi connectivity index (χ2n) is 8.85. The lowest BCUT2D eigenvalue weighted by Gasteiger charge is -2.18. The number of amides is 1. The number of hydrogen-bond acceptors (Lipinski definition) is 6. The van der Waals surface area contributed by atoms with Crippen LogP contribution in [-0.2, 0) is 4.84 Å². The number of aliphatic imine (C=N–C) groups is 1. The fourth-order valence-corrected chi connectivity index (χ4v) is 5.33. The second kappa shape index (κ2) is 8.03. The summed E-state index contributed by atoms with van der Waals surface area (Å²) in [6.45, 7) is 2.80. The first kappa shape index (κ1) is 21.0. The zero-order valence-electron chi connectivity index (χ0n) is 18.0. The van der Waals surface area contributed by atoms with E-state index in [0.717, 1.165) is 35.2 Å².